The number of halogens is 1. The van der Waals surface area contributed by atoms with E-state index in [4.69, 9.17) is 17.3 Å². The molecule has 3 rings (SSSR count). The Labute approximate surface area is 157 Å². The maximum absolute atomic E-state index is 12.4. The number of thioether (sulfide) groups is 1. The third-order valence-electron chi connectivity index (χ3n) is 4.03. The average molecular weight is 377 g/mol. The van der Waals surface area contributed by atoms with E-state index in [9.17, 15) is 4.79 Å². The first kappa shape index (κ1) is 19.4. The molecule has 0 saturated carbocycles. The van der Waals surface area contributed by atoms with E-state index in [-0.39, 0.29) is 36.0 Å². The zero-order chi connectivity index (χ0) is 17.2. The van der Waals surface area contributed by atoms with Crippen LogP contribution in [0.5, 0.6) is 0 Å². The molecule has 1 aromatic carbocycles. The fraction of sp³-hybridized carbons (Fsp3) is 0.333. The summed E-state index contributed by atoms with van der Waals surface area (Å²) in [5.74, 6) is 0.780. The van der Waals surface area contributed by atoms with Gasteiger partial charge < -0.3 is 5.73 Å². The summed E-state index contributed by atoms with van der Waals surface area (Å²) in [6, 6.07) is 7.89. The molecule has 0 spiro atoms. The molecule has 132 valence electrons. The van der Waals surface area contributed by atoms with E-state index in [0.29, 0.717) is 5.17 Å². The van der Waals surface area contributed by atoms with Gasteiger partial charge in [-0.15, -0.1) is 0 Å². The van der Waals surface area contributed by atoms with Crippen LogP contribution >= 0.6 is 23.4 Å². The summed E-state index contributed by atoms with van der Waals surface area (Å²) in [6.45, 7) is 2.07. The number of hydrogen-bond donors (Lipinski definition) is 1. The van der Waals surface area contributed by atoms with Gasteiger partial charge in [0.2, 0.25) is 0 Å². The topological polar surface area (TPSA) is 81.2 Å². The summed E-state index contributed by atoms with van der Waals surface area (Å²) in [5.41, 5.74) is 7.69. The van der Waals surface area contributed by atoms with E-state index in [1.165, 1.54) is 12.4 Å². The number of hydrogen-bond acceptors (Lipinski definition) is 6. The van der Waals surface area contributed by atoms with E-state index in [0.717, 1.165) is 23.3 Å². The Kier molecular flexibility index (Phi) is 6.19. The Bertz CT molecular complexity index is 811. The highest BCUT2D eigenvalue weighted by atomic mass is 35.5. The molecule has 0 aliphatic carbocycles. The molecular weight excluding hydrogens is 356 g/mol. The number of carbonyl (C=O) groups excluding carboxylic acids is 1. The highest BCUT2D eigenvalue weighted by Crippen LogP contribution is 2.35. The summed E-state index contributed by atoms with van der Waals surface area (Å²) >= 11 is 7.52. The number of aliphatic imine (C=N–C) groups is 1. The summed E-state index contributed by atoms with van der Waals surface area (Å²) in [4.78, 5) is 24.9. The molecule has 0 radical (unpaired) electrons. The van der Waals surface area contributed by atoms with Crippen LogP contribution in [0.2, 0.25) is 5.15 Å². The summed E-state index contributed by atoms with van der Waals surface area (Å²) in [5, 5.41) is 0.740. The lowest BCUT2D eigenvalue weighted by atomic mass is 9.88. The van der Waals surface area contributed by atoms with Crippen LogP contribution in [0.3, 0.4) is 0 Å². The minimum Gasteiger partial charge on any atom is -0.379 e. The highest BCUT2D eigenvalue weighted by molar-refractivity contribution is 8.13. The predicted molar refractivity (Wildman–Crippen MR) is 104 cm³/mol. The van der Waals surface area contributed by atoms with Crippen LogP contribution in [0.15, 0.2) is 41.7 Å². The van der Waals surface area contributed by atoms with Gasteiger partial charge in [-0.25, -0.2) is 9.97 Å². The van der Waals surface area contributed by atoms with Crippen LogP contribution < -0.4 is 5.73 Å². The van der Waals surface area contributed by atoms with Gasteiger partial charge in [0, 0.05) is 24.6 Å². The van der Waals surface area contributed by atoms with Gasteiger partial charge in [-0.1, -0.05) is 55.1 Å². The third kappa shape index (κ3) is 4.38. The number of ketones is 1. The van der Waals surface area contributed by atoms with Gasteiger partial charge in [0.15, 0.2) is 16.1 Å². The molecule has 7 heteroatoms. The zero-order valence-corrected chi connectivity index (χ0v) is 14.8. The SMILES string of the molecule is C.C[C@@]1(c2cccc(CC(=O)c3nccnc3Cl)c2)CCSC(N)=N1. The van der Waals surface area contributed by atoms with Crippen molar-refractivity contribution >= 4 is 34.3 Å². The first-order valence-electron chi connectivity index (χ1n) is 7.55. The van der Waals surface area contributed by atoms with Crippen LogP contribution in [0, 0.1) is 0 Å². The van der Waals surface area contributed by atoms with Crippen molar-refractivity contribution in [3.8, 4) is 0 Å². The molecule has 1 aliphatic rings. The molecular formula is C18H21ClN4OS. The Morgan fingerprint density at radius 3 is 2.84 bits per heavy atom. The first-order valence-corrected chi connectivity index (χ1v) is 8.91. The average Bonchev–Trinajstić information content (AvgIpc) is 2.55. The number of amidine groups is 1. The lowest BCUT2D eigenvalue weighted by molar-refractivity contribution is 0.0988. The second-order valence-corrected chi connectivity index (χ2v) is 7.29. The maximum atomic E-state index is 12.4. The minimum atomic E-state index is -0.349. The zero-order valence-electron chi connectivity index (χ0n) is 13.2. The molecule has 1 aliphatic heterocycles. The van der Waals surface area contributed by atoms with Crippen molar-refractivity contribution in [1.82, 2.24) is 9.97 Å². The smallest absolute Gasteiger partial charge is 0.188 e. The van der Waals surface area contributed by atoms with Gasteiger partial charge in [-0.05, 0) is 24.5 Å². The number of carbonyl (C=O) groups is 1. The molecule has 0 saturated heterocycles. The molecule has 25 heavy (non-hydrogen) atoms. The number of rotatable bonds is 4. The second kappa shape index (κ2) is 7.97. The van der Waals surface area contributed by atoms with E-state index < -0.39 is 0 Å². The van der Waals surface area contributed by atoms with Crippen molar-refractivity contribution in [2.45, 2.75) is 32.7 Å². The molecule has 0 unspecified atom stereocenters. The fourth-order valence-electron chi connectivity index (χ4n) is 2.69. The van der Waals surface area contributed by atoms with Gasteiger partial charge in [0.05, 0.1) is 5.54 Å². The van der Waals surface area contributed by atoms with Crippen LogP contribution in [0.4, 0.5) is 0 Å². The molecule has 2 heterocycles. The highest BCUT2D eigenvalue weighted by Gasteiger charge is 2.29. The van der Waals surface area contributed by atoms with E-state index in [1.807, 2.05) is 24.3 Å². The molecule has 1 aromatic heterocycles. The van der Waals surface area contributed by atoms with Crippen molar-refractivity contribution in [2.24, 2.45) is 10.7 Å². The van der Waals surface area contributed by atoms with E-state index in [1.54, 1.807) is 11.8 Å². The van der Waals surface area contributed by atoms with Crippen molar-refractivity contribution in [2.75, 3.05) is 5.75 Å². The number of nitrogens with two attached hydrogens (primary N) is 1. The van der Waals surface area contributed by atoms with Crippen LogP contribution in [-0.2, 0) is 12.0 Å². The first-order chi connectivity index (χ1) is 11.5. The van der Waals surface area contributed by atoms with Crippen LogP contribution in [0.25, 0.3) is 0 Å². The van der Waals surface area contributed by atoms with Gasteiger partial charge in [-0.2, -0.15) is 0 Å². The molecule has 5 nitrogen and oxygen atoms in total. The fourth-order valence-corrected chi connectivity index (χ4v) is 3.87. The number of nitrogens with zero attached hydrogens (tertiary/aromatic N) is 3. The van der Waals surface area contributed by atoms with Crippen molar-refractivity contribution in [3.05, 3.63) is 58.6 Å². The molecule has 0 bridgehead atoms. The Balaban J connectivity index is 0.00000225. The molecule has 2 N–H and O–H groups in total. The minimum absolute atomic E-state index is 0. The van der Waals surface area contributed by atoms with Crippen molar-refractivity contribution in [1.29, 1.82) is 0 Å². The van der Waals surface area contributed by atoms with Crippen molar-refractivity contribution in [3.63, 3.8) is 0 Å². The Morgan fingerprint density at radius 1 is 1.36 bits per heavy atom. The van der Waals surface area contributed by atoms with Crippen molar-refractivity contribution < 1.29 is 4.79 Å². The van der Waals surface area contributed by atoms with Crippen LogP contribution in [0.1, 0.15) is 42.4 Å². The van der Waals surface area contributed by atoms with E-state index in [2.05, 4.69) is 21.9 Å². The maximum Gasteiger partial charge on any atom is 0.188 e. The van der Waals surface area contributed by atoms with E-state index >= 15 is 0 Å². The third-order valence-corrected chi connectivity index (χ3v) is 5.10. The number of benzene rings is 1. The predicted octanol–water partition coefficient (Wildman–Crippen LogP) is 3.86. The lowest BCUT2D eigenvalue weighted by Gasteiger charge is -2.30. The molecule has 0 fully saturated rings. The van der Waals surface area contributed by atoms with Gasteiger partial charge in [-0.3, -0.25) is 9.79 Å². The Morgan fingerprint density at radius 2 is 2.12 bits per heavy atom. The molecule has 2 aromatic rings. The monoisotopic (exact) mass is 376 g/mol. The van der Waals surface area contributed by atoms with Crippen LogP contribution in [-0.4, -0.2) is 26.7 Å². The lowest BCUT2D eigenvalue weighted by Crippen LogP contribution is -2.28. The largest absolute Gasteiger partial charge is 0.379 e. The van der Waals surface area contributed by atoms with Gasteiger partial charge >= 0.3 is 0 Å². The summed E-state index contributed by atoms with van der Waals surface area (Å²) < 4.78 is 0. The summed E-state index contributed by atoms with van der Waals surface area (Å²) in [7, 11) is 0. The molecule has 0 amide bonds. The summed E-state index contributed by atoms with van der Waals surface area (Å²) in [6.07, 6.45) is 4.06. The van der Waals surface area contributed by atoms with Gasteiger partial charge in [0.1, 0.15) is 5.69 Å². The molecule has 1 atom stereocenters. The Hall–Kier alpha value is -1.92. The quantitative estimate of drug-likeness (QED) is 0.819. The second-order valence-electron chi connectivity index (χ2n) is 5.82. The number of Topliss-reactive ketones (excluding diaryl/α,β-unsaturated/α-hetero) is 1. The number of aromatic nitrogens is 2. The van der Waals surface area contributed by atoms with Gasteiger partial charge in [0.25, 0.3) is 0 Å². The standard InChI is InChI=1S/C17H17ClN4OS.CH4/c1-17(5-8-24-16(19)22-17)12-4-2-3-11(9-12)10-13(23)14-15(18)21-7-6-20-14;/h2-4,6-7,9H,5,8,10H2,1H3,(H2,19,22);1H4/t17-;/m0./s1. The normalized spacial score (nSPS) is 19.7.